The third-order valence-electron chi connectivity index (χ3n) is 6.16. The van der Waals surface area contributed by atoms with Crippen molar-refractivity contribution >= 4 is 11.8 Å². The monoisotopic (exact) mass is 366 g/mol. The van der Waals surface area contributed by atoms with Gasteiger partial charge in [-0.25, -0.2) is 0 Å². The van der Waals surface area contributed by atoms with E-state index in [0.29, 0.717) is 6.42 Å². The molecule has 1 rings (SSSR count). The fourth-order valence-corrected chi connectivity index (χ4v) is 4.38. The van der Waals surface area contributed by atoms with Gasteiger partial charge in [-0.05, 0) is 25.7 Å². The predicted octanol–water partition coefficient (Wildman–Crippen LogP) is 5.37. The van der Waals surface area contributed by atoms with Crippen LogP contribution in [0.3, 0.4) is 0 Å². The summed E-state index contributed by atoms with van der Waals surface area (Å²) in [6.07, 6.45) is 21.4. The largest absolute Gasteiger partial charge is 0.370 e. The Morgan fingerprint density at radius 2 is 1.04 bits per heavy atom. The van der Waals surface area contributed by atoms with Gasteiger partial charge in [-0.2, -0.15) is 0 Å². The molecule has 0 bridgehead atoms. The molecule has 0 heterocycles. The first-order valence-corrected chi connectivity index (χ1v) is 11.1. The third kappa shape index (κ3) is 10.2. The van der Waals surface area contributed by atoms with Crippen LogP contribution in [0.1, 0.15) is 122 Å². The van der Waals surface area contributed by atoms with Gasteiger partial charge >= 0.3 is 0 Å². The van der Waals surface area contributed by atoms with Crippen molar-refractivity contribution in [1.29, 1.82) is 0 Å². The molecule has 1 fully saturated rings. The van der Waals surface area contributed by atoms with E-state index in [9.17, 15) is 9.59 Å². The van der Waals surface area contributed by atoms with Crippen LogP contribution in [0.2, 0.25) is 0 Å². The fourth-order valence-electron chi connectivity index (χ4n) is 4.38. The van der Waals surface area contributed by atoms with E-state index in [1.54, 1.807) is 0 Å². The van der Waals surface area contributed by atoms with Gasteiger partial charge in [-0.3, -0.25) is 9.59 Å². The number of rotatable bonds is 8. The zero-order valence-corrected chi connectivity index (χ0v) is 16.9. The Bertz CT molecular complexity index is 382. The van der Waals surface area contributed by atoms with Crippen LogP contribution in [0.4, 0.5) is 0 Å². The van der Waals surface area contributed by atoms with E-state index in [1.807, 2.05) is 0 Å². The number of carbonyl (C=O) groups excluding carboxylic acids is 2. The highest BCUT2D eigenvalue weighted by molar-refractivity contribution is 5.80. The Hall–Kier alpha value is -1.06. The Morgan fingerprint density at radius 1 is 0.615 bits per heavy atom. The van der Waals surface area contributed by atoms with Crippen LogP contribution >= 0.6 is 0 Å². The van der Waals surface area contributed by atoms with Gasteiger partial charge in [-0.15, -0.1) is 0 Å². The molecule has 0 radical (unpaired) electrons. The summed E-state index contributed by atoms with van der Waals surface area (Å²) in [5.41, 5.74) is 10.8. The van der Waals surface area contributed by atoms with Crippen molar-refractivity contribution in [3.05, 3.63) is 0 Å². The van der Waals surface area contributed by atoms with Crippen molar-refractivity contribution in [2.75, 3.05) is 0 Å². The highest BCUT2D eigenvalue weighted by Gasteiger charge is 2.34. The Labute approximate surface area is 160 Å². The molecule has 4 N–H and O–H groups in total. The summed E-state index contributed by atoms with van der Waals surface area (Å²) in [7, 11) is 0. The number of unbranched alkanes of at least 4 members (excludes halogenated alkanes) is 3. The summed E-state index contributed by atoms with van der Waals surface area (Å²) in [4.78, 5) is 23.2. The van der Waals surface area contributed by atoms with Crippen LogP contribution in [0.5, 0.6) is 0 Å². The first-order valence-electron chi connectivity index (χ1n) is 11.1. The smallest absolute Gasteiger partial charge is 0.223 e. The number of primary amides is 2. The lowest BCUT2D eigenvalue weighted by atomic mass is 9.73. The van der Waals surface area contributed by atoms with E-state index in [4.69, 9.17) is 11.5 Å². The minimum Gasteiger partial charge on any atom is -0.370 e. The van der Waals surface area contributed by atoms with E-state index in [2.05, 4.69) is 0 Å². The molecule has 0 spiro atoms. The van der Waals surface area contributed by atoms with Crippen LogP contribution in [-0.2, 0) is 9.59 Å². The molecule has 0 unspecified atom stereocenters. The average molecular weight is 367 g/mol. The van der Waals surface area contributed by atoms with Crippen molar-refractivity contribution < 1.29 is 9.59 Å². The van der Waals surface area contributed by atoms with Gasteiger partial charge < -0.3 is 11.5 Å². The van der Waals surface area contributed by atoms with Gasteiger partial charge in [0.25, 0.3) is 0 Å². The maximum atomic E-state index is 12.4. The first-order chi connectivity index (χ1) is 12.6. The summed E-state index contributed by atoms with van der Waals surface area (Å²) in [6, 6.07) is 0. The minimum absolute atomic E-state index is 0.0817. The lowest BCUT2D eigenvalue weighted by Crippen LogP contribution is -2.37. The molecule has 1 saturated carbocycles. The van der Waals surface area contributed by atoms with Crippen molar-refractivity contribution in [2.45, 2.75) is 122 Å². The quantitative estimate of drug-likeness (QED) is 0.566. The average Bonchev–Trinajstić information content (AvgIpc) is 2.60. The summed E-state index contributed by atoms with van der Waals surface area (Å²) in [5, 5.41) is 0. The maximum Gasteiger partial charge on any atom is 0.223 e. The first kappa shape index (κ1) is 23.0. The maximum absolute atomic E-state index is 12.4. The molecule has 0 saturated heterocycles. The molecule has 0 aromatic heterocycles. The van der Waals surface area contributed by atoms with Crippen LogP contribution < -0.4 is 11.5 Å². The normalized spacial score (nSPS) is 20.2. The standard InChI is InChI=1S/C22H42N2O2/c23-20(25)16-12-8-11-15-19-22(21(24)26)17-13-9-6-4-2-1-3-5-7-10-14-18-22/h1-19H2,(H2,23,25)(H2,24,26). The summed E-state index contributed by atoms with van der Waals surface area (Å²) >= 11 is 0. The number of hydrogen-bond donors (Lipinski definition) is 2. The van der Waals surface area contributed by atoms with Crippen molar-refractivity contribution in [1.82, 2.24) is 0 Å². The molecule has 1 aliphatic rings. The molecule has 4 heteroatoms. The Morgan fingerprint density at radius 3 is 1.46 bits per heavy atom. The van der Waals surface area contributed by atoms with Crippen LogP contribution in [-0.4, -0.2) is 11.8 Å². The Balaban J connectivity index is 2.50. The molecular weight excluding hydrogens is 324 g/mol. The number of hydrogen-bond acceptors (Lipinski definition) is 2. The molecule has 1 aliphatic carbocycles. The van der Waals surface area contributed by atoms with Crippen LogP contribution in [0.25, 0.3) is 0 Å². The zero-order valence-electron chi connectivity index (χ0n) is 16.9. The highest BCUT2D eigenvalue weighted by atomic mass is 16.1. The molecular formula is C22H42N2O2. The summed E-state index contributed by atoms with van der Waals surface area (Å²) in [6.45, 7) is 0. The zero-order chi connectivity index (χ0) is 19.1. The molecule has 26 heavy (non-hydrogen) atoms. The highest BCUT2D eigenvalue weighted by Crippen LogP contribution is 2.37. The molecule has 4 nitrogen and oxygen atoms in total. The molecule has 0 aromatic rings. The lowest BCUT2D eigenvalue weighted by molar-refractivity contribution is -0.129. The van der Waals surface area contributed by atoms with Crippen molar-refractivity contribution in [3.8, 4) is 0 Å². The number of carbonyl (C=O) groups is 2. The molecule has 0 aromatic carbocycles. The third-order valence-corrected chi connectivity index (χ3v) is 6.16. The van der Waals surface area contributed by atoms with Gasteiger partial charge in [0, 0.05) is 11.8 Å². The number of nitrogens with two attached hydrogens (primary N) is 2. The van der Waals surface area contributed by atoms with Gasteiger partial charge in [0.05, 0.1) is 0 Å². The van der Waals surface area contributed by atoms with Crippen LogP contribution in [0.15, 0.2) is 0 Å². The minimum atomic E-state index is -0.298. The van der Waals surface area contributed by atoms with E-state index >= 15 is 0 Å². The number of amides is 2. The van der Waals surface area contributed by atoms with Crippen LogP contribution in [0, 0.1) is 5.41 Å². The van der Waals surface area contributed by atoms with Gasteiger partial charge in [0.1, 0.15) is 0 Å². The molecule has 0 aliphatic heterocycles. The predicted molar refractivity (Wildman–Crippen MR) is 109 cm³/mol. The lowest BCUT2D eigenvalue weighted by Gasteiger charge is -2.31. The Kier molecular flexibility index (Phi) is 12.4. The second-order valence-corrected chi connectivity index (χ2v) is 8.41. The van der Waals surface area contributed by atoms with Gasteiger partial charge in [0.2, 0.25) is 11.8 Å². The molecule has 152 valence electrons. The van der Waals surface area contributed by atoms with E-state index in [0.717, 1.165) is 57.8 Å². The van der Waals surface area contributed by atoms with Crippen molar-refractivity contribution in [2.24, 2.45) is 16.9 Å². The topological polar surface area (TPSA) is 86.2 Å². The van der Waals surface area contributed by atoms with E-state index in [-0.39, 0.29) is 17.2 Å². The van der Waals surface area contributed by atoms with Gasteiger partial charge in [0.15, 0.2) is 0 Å². The fraction of sp³-hybridized carbons (Fsp3) is 0.909. The summed E-state index contributed by atoms with van der Waals surface area (Å²) in [5.74, 6) is -0.300. The SMILES string of the molecule is NC(=O)CCCCCCC1(C(N)=O)CCCCCCCCCCCCC1. The van der Waals surface area contributed by atoms with Gasteiger partial charge in [-0.1, -0.05) is 89.9 Å². The van der Waals surface area contributed by atoms with E-state index in [1.165, 1.54) is 57.8 Å². The second kappa shape index (κ2) is 14.1. The van der Waals surface area contributed by atoms with E-state index < -0.39 is 0 Å². The van der Waals surface area contributed by atoms with Crippen molar-refractivity contribution in [3.63, 3.8) is 0 Å². The summed E-state index contributed by atoms with van der Waals surface area (Å²) < 4.78 is 0. The molecule has 0 atom stereocenters. The second-order valence-electron chi connectivity index (χ2n) is 8.41. The molecule has 2 amide bonds.